The standard InChI is InChI=1S/C11H16FNO/c1-9(14)7-13(2)8-10-3-5-11(12)6-4-10/h3-6,9,14H,7-8H2,1-2H3. The van der Waals surface area contributed by atoms with Crippen molar-refractivity contribution in [3.05, 3.63) is 35.6 Å². The Hall–Kier alpha value is -0.930. The fraction of sp³-hybridized carbons (Fsp3) is 0.455. The van der Waals surface area contributed by atoms with Crippen LogP contribution in [0.15, 0.2) is 24.3 Å². The van der Waals surface area contributed by atoms with Gasteiger partial charge in [-0.25, -0.2) is 4.39 Å². The molecule has 0 aliphatic carbocycles. The number of halogens is 1. The number of likely N-dealkylation sites (N-methyl/N-ethyl adjacent to an activating group) is 1. The van der Waals surface area contributed by atoms with Crippen molar-refractivity contribution in [2.45, 2.75) is 19.6 Å². The maximum Gasteiger partial charge on any atom is 0.123 e. The SMILES string of the molecule is CC(O)CN(C)Cc1ccc(F)cc1. The van der Waals surface area contributed by atoms with Gasteiger partial charge in [0.15, 0.2) is 0 Å². The Morgan fingerprint density at radius 1 is 1.36 bits per heavy atom. The highest BCUT2D eigenvalue weighted by Crippen LogP contribution is 2.05. The molecule has 1 unspecified atom stereocenters. The van der Waals surface area contributed by atoms with Crippen molar-refractivity contribution < 1.29 is 9.50 Å². The van der Waals surface area contributed by atoms with E-state index in [2.05, 4.69) is 0 Å². The highest BCUT2D eigenvalue weighted by molar-refractivity contribution is 5.15. The maximum atomic E-state index is 12.6. The average Bonchev–Trinajstić information content (AvgIpc) is 2.07. The summed E-state index contributed by atoms with van der Waals surface area (Å²) >= 11 is 0. The quantitative estimate of drug-likeness (QED) is 0.793. The van der Waals surface area contributed by atoms with Gasteiger partial charge in [0.05, 0.1) is 6.10 Å². The van der Waals surface area contributed by atoms with Crippen LogP contribution in [-0.4, -0.2) is 29.7 Å². The van der Waals surface area contributed by atoms with Crippen molar-refractivity contribution >= 4 is 0 Å². The van der Waals surface area contributed by atoms with E-state index >= 15 is 0 Å². The van der Waals surface area contributed by atoms with Gasteiger partial charge in [0, 0.05) is 13.1 Å². The zero-order valence-electron chi connectivity index (χ0n) is 8.57. The van der Waals surface area contributed by atoms with E-state index in [4.69, 9.17) is 5.11 Å². The second-order valence-electron chi connectivity index (χ2n) is 3.67. The minimum atomic E-state index is -0.333. The highest BCUT2D eigenvalue weighted by Gasteiger charge is 2.03. The molecule has 0 heterocycles. The minimum absolute atomic E-state index is 0.216. The van der Waals surface area contributed by atoms with E-state index in [0.29, 0.717) is 6.54 Å². The monoisotopic (exact) mass is 197 g/mol. The Balaban J connectivity index is 2.47. The van der Waals surface area contributed by atoms with E-state index in [-0.39, 0.29) is 11.9 Å². The predicted octanol–water partition coefficient (Wildman–Crippen LogP) is 1.64. The van der Waals surface area contributed by atoms with Crippen LogP contribution >= 0.6 is 0 Å². The van der Waals surface area contributed by atoms with Gasteiger partial charge in [0.1, 0.15) is 5.82 Å². The second-order valence-corrected chi connectivity index (χ2v) is 3.67. The van der Waals surface area contributed by atoms with E-state index in [0.717, 1.165) is 12.1 Å². The van der Waals surface area contributed by atoms with Gasteiger partial charge in [0.25, 0.3) is 0 Å². The summed E-state index contributed by atoms with van der Waals surface area (Å²) in [6, 6.07) is 6.42. The molecule has 0 spiro atoms. The van der Waals surface area contributed by atoms with E-state index in [1.807, 2.05) is 11.9 Å². The summed E-state index contributed by atoms with van der Waals surface area (Å²) in [7, 11) is 1.93. The van der Waals surface area contributed by atoms with Crippen molar-refractivity contribution in [1.29, 1.82) is 0 Å². The number of rotatable bonds is 4. The summed E-state index contributed by atoms with van der Waals surface area (Å²) in [5, 5.41) is 9.14. The van der Waals surface area contributed by atoms with Crippen LogP contribution in [0.2, 0.25) is 0 Å². The third-order valence-electron chi connectivity index (χ3n) is 1.94. The van der Waals surface area contributed by atoms with Crippen LogP contribution in [0.25, 0.3) is 0 Å². The summed E-state index contributed by atoms with van der Waals surface area (Å²) in [6.45, 7) is 3.10. The first-order chi connectivity index (χ1) is 6.58. The van der Waals surface area contributed by atoms with Gasteiger partial charge in [-0.3, -0.25) is 4.90 Å². The fourth-order valence-electron chi connectivity index (χ4n) is 1.42. The third kappa shape index (κ3) is 3.85. The Morgan fingerprint density at radius 2 is 1.93 bits per heavy atom. The van der Waals surface area contributed by atoms with Gasteiger partial charge in [-0.2, -0.15) is 0 Å². The number of benzene rings is 1. The van der Waals surface area contributed by atoms with Crippen LogP contribution in [0.3, 0.4) is 0 Å². The van der Waals surface area contributed by atoms with Crippen molar-refractivity contribution in [3.63, 3.8) is 0 Å². The van der Waals surface area contributed by atoms with Gasteiger partial charge in [-0.1, -0.05) is 12.1 Å². The summed E-state index contributed by atoms with van der Waals surface area (Å²) in [5.74, 6) is -0.216. The molecule has 1 rings (SSSR count). The molecule has 0 aliphatic rings. The first-order valence-corrected chi connectivity index (χ1v) is 4.69. The lowest BCUT2D eigenvalue weighted by Gasteiger charge is -2.18. The van der Waals surface area contributed by atoms with Crippen LogP contribution in [0, 0.1) is 5.82 Å². The summed E-state index contributed by atoms with van der Waals surface area (Å²) in [4.78, 5) is 2.00. The molecule has 14 heavy (non-hydrogen) atoms. The van der Waals surface area contributed by atoms with E-state index in [9.17, 15) is 4.39 Å². The lowest BCUT2D eigenvalue weighted by molar-refractivity contribution is 0.138. The molecule has 1 aromatic carbocycles. The molecule has 78 valence electrons. The predicted molar refractivity (Wildman–Crippen MR) is 54.4 cm³/mol. The van der Waals surface area contributed by atoms with Crippen LogP contribution in [0.5, 0.6) is 0 Å². The second kappa shape index (κ2) is 5.08. The molecule has 0 saturated carbocycles. The molecule has 0 saturated heterocycles. The molecule has 1 aromatic rings. The number of hydrogen-bond acceptors (Lipinski definition) is 2. The molecule has 0 radical (unpaired) electrons. The molecular weight excluding hydrogens is 181 g/mol. The van der Waals surface area contributed by atoms with Gasteiger partial charge in [0.2, 0.25) is 0 Å². The van der Waals surface area contributed by atoms with Gasteiger partial charge >= 0.3 is 0 Å². The maximum absolute atomic E-state index is 12.6. The summed E-state index contributed by atoms with van der Waals surface area (Å²) in [6.07, 6.45) is -0.333. The largest absolute Gasteiger partial charge is 0.392 e. The molecule has 1 N–H and O–H groups in total. The van der Waals surface area contributed by atoms with Crippen molar-refractivity contribution in [1.82, 2.24) is 4.90 Å². The zero-order valence-corrected chi connectivity index (χ0v) is 8.57. The third-order valence-corrected chi connectivity index (χ3v) is 1.94. The van der Waals surface area contributed by atoms with Gasteiger partial charge < -0.3 is 5.11 Å². The van der Waals surface area contributed by atoms with Crippen molar-refractivity contribution in [3.8, 4) is 0 Å². The molecule has 2 nitrogen and oxygen atoms in total. The fourth-order valence-corrected chi connectivity index (χ4v) is 1.42. The molecule has 0 fully saturated rings. The summed E-state index contributed by atoms with van der Waals surface area (Å²) in [5.41, 5.74) is 1.05. The number of hydrogen-bond donors (Lipinski definition) is 1. The lowest BCUT2D eigenvalue weighted by Crippen LogP contribution is -2.26. The van der Waals surface area contributed by atoms with Crippen molar-refractivity contribution in [2.75, 3.05) is 13.6 Å². The van der Waals surface area contributed by atoms with Crippen molar-refractivity contribution in [2.24, 2.45) is 0 Å². The smallest absolute Gasteiger partial charge is 0.123 e. The molecule has 0 aromatic heterocycles. The first-order valence-electron chi connectivity index (χ1n) is 4.69. The van der Waals surface area contributed by atoms with E-state index in [1.165, 1.54) is 12.1 Å². The average molecular weight is 197 g/mol. The lowest BCUT2D eigenvalue weighted by atomic mass is 10.2. The van der Waals surface area contributed by atoms with Crippen LogP contribution in [-0.2, 0) is 6.54 Å². The van der Waals surface area contributed by atoms with Gasteiger partial charge in [-0.05, 0) is 31.7 Å². The molecule has 1 atom stereocenters. The van der Waals surface area contributed by atoms with E-state index < -0.39 is 0 Å². The Labute approximate surface area is 84.0 Å². The Bertz CT molecular complexity index is 271. The number of aliphatic hydroxyl groups is 1. The molecular formula is C11H16FNO. The molecule has 3 heteroatoms. The summed E-state index contributed by atoms with van der Waals surface area (Å²) < 4.78 is 12.6. The van der Waals surface area contributed by atoms with Crippen LogP contribution in [0.1, 0.15) is 12.5 Å². The number of aliphatic hydroxyl groups excluding tert-OH is 1. The topological polar surface area (TPSA) is 23.5 Å². The minimum Gasteiger partial charge on any atom is -0.392 e. The Kier molecular flexibility index (Phi) is 4.04. The molecule has 0 bridgehead atoms. The normalized spacial score (nSPS) is 13.2. The Morgan fingerprint density at radius 3 is 2.43 bits per heavy atom. The number of nitrogens with zero attached hydrogens (tertiary/aromatic N) is 1. The van der Waals surface area contributed by atoms with E-state index in [1.54, 1.807) is 19.1 Å². The zero-order chi connectivity index (χ0) is 10.6. The van der Waals surface area contributed by atoms with Gasteiger partial charge in [-0.15, -0.1) is 0 Å². The van der Waals surface area contributed by atoms with Crippen LogP contribution in [0.4, 0.5) is 4.39 Å². The van der Waals surface area contributed by atoms with Crippen LogP contribution < -0.4 is 0 Å². The highest BCUT2D eigenvalue weighted by atomic mass is 19.1. The molecule has 0 aliphatic heterocycles. The molecule has 0 amide bonds. The first kappa shape index (κ1) is 11.1.